The molecule has 0 radical (unpaired) electrons. The predicted octanol–water partition coefficient (Wildman–Crippen LogP) is 3.74. The molecule has 5 heterocycles. The zero-order valence-corrected chi connectivity index (χ0v) is 18.8. The number of hydrogen-bond acceptors (Lipinski definition) is 5. The molecule has 0 bridgehead atoms. The number of benzene rings is 1. The van der Waals surface area contributed by atoms with Gasteiger partial charge in [-0.05, 0) is 66.1 Å². The number of aromatic amines is 1. The number of pyridine rings is 1. The molecular weight excluding hydrogens is 400 g/mol. The highest BCUT2D eigenvalue weighted by atomic mass is 16.5. The molecule has 1 atom stereocenters. The SMILES string of the molecule is Cc1c[nH]c2ncc(-c3cc4c(c([C@@H]5COCCN5)c3)CN(C3CCOCC3)CC4)cc12. The first-order valence-electron chi connectivity index (χ1n) is 12.0. The summed E-state index contributed by atoms with van der Waals surface area (Å²) < 4.78 is 11.5. The summed E-state index contributed by atoms with van der Waals surface area (Å²) in [7, 11) is 0. The predicted molar refractivity (Wildman–Crippen MR) is 126 cm³/mol. The van der Waals surface area contributed by atoms with E-state index >= 15 is 0 Å². The van der Waals surface area contributed by atoms with Crippen molar-refractivity contribution >= 4 is 11.0 Å². The van der Waals surface area contributed by atoms with Gasteiger partial charge in [0.25, 0.3) is 0 Å². The lowest BCUT2D eigenvalue weighted by Crippen LogP contribution is -2.43. The zero-order valence-electron chi connectivity index (χ0n) is 18.8. The van der Waals surface area contributed by atoms with Crippen LogP contribution in [-0.4, -0.2) is 60.4 Å². The van der Waals surface area contributed by atoms with Gasteiger partial charge in [-0.15, -0.1) is 0 Å². The number of nitrogens with one attached hydrogen (secondary N) is 2. The van der Waals surface area contributed by atoms with Crippen molar-refractivity contribution in [3.05, 3.63) is 52.8 Å². The van der Waals surface area contributed by atoms with E-state index in [1.54, 1.807) is 0 Å². The molecule has 1 aromatic carbocycles. The lowest BCUT2D eigenvalue weighted by molar-refractivity contribution is 0.0285. The van der Waals surface area contributed by atoms with Gasteiger partial charge in [0.1, 0.15) is 5.65 Å². The van der Waals surface area contributed by atoms with Crippen LogP contribution in [0.25, 0.3) is 22.2 Å². The van der Waals surface area contributed by atoms with Crippen LogP contribution in [0.1, 0.15) is 41.1 Å². The summed E-state index contributed by atoms with van der Waals surface area (Å²) in [5.41, 5.74) is 9.04. The van der Waals surface area contributed by atoms with Gasteiger partial charge in [0, 0.05) is 62.2 Å². The molecule has 2 fully saturated rings. The molecule has 0 unspecified atom stereocenters. The Hall–Kier alpha value is -2.25. The van der Waals surface area contributed by atoms with E-state index < -0.39 is 0 Å². The third kappa shape index (κ3) is 3.75. The topological polar surface area (TPSA) is 62.4 Å². The molecule has 32 heavy (non-hydrogen) atoms. The van der Waals surface area contributed by atoms with E-state index in [1.165, 1.54) is 38.8 Å². The van der Waals surface area contributed by atoms with Crippen molar-refractivity contribution in [2.45, 2.75) is 44.8 Å². The van der Waals surface area contributed by atoms with Gasteiger partial charge in [-0.2, -0.15) is 0 Å². The van der Waals surface area contributed by atoms with Gasteiger partial charge in [0.2, 0.25) is 0 Å². The van der Waals surface area contributed by atoms with E-state index in [0.29, 0.717) is 6.04 Å². The Morgan fingerprint density at radius 2 is 1.97 bits per heavy atom. The normalized spacial score (nSPS) is 22.8. The lowest BCUT2D eigenvalue weighted by atomic mass is 9.86. The second kappa shape index (κ2) is 8.60. The molecular formula is C26H32N4O2. The van der Waals surface area contributed by atoms with Gasteiger partial charge in [-0.1, -0.05) is 6.07 Å². The van der Waals surface area contributed by atoms with E-state index in [0.717, 1.165) is 71.0 Å². The third-order valence-corrected chi connectivity index (χ3v) is 7.48. The number of rotatable bonds is 3. The van der Waals surface area contributed by atoms with Crippen LogP contribution in [0.3, 0.4) is 0 Å². The molecule has 3 aliphatic rings. The highest BCUT2D eigenvalue weighted by Crippen LogP contribution is 2.35. The Balaban J connectivity index is 1.40. The number of aryl methyl sites for hydroxylation is 1. The molecule has 0 saturated carbocycles. The van der Waals surface area contributed by atoms with Crippen molar-refractivity contribution in [3.63, 3.8) is 0 Å². The first-order valence-corrected chi connectivity index (χ1v) is 12.0. The quantitative estimate of drug-likeness (QED) is 0.660. The minimum Gasteiger partial charge on any atom is -0.381 e. The standard InChI is InChI=1S/C26H32N4O2/c1-17-13-28-26-22(17)12-20(14-29-26)19-10-18-2-6-30(21-3-7-31-8-4-21)15-24(18)23(11-19)25-16-32-9-5-27-25/h10-14,21,25,27H,2-9,15-16H2,1H3,(H,28,29)/t25-/m0/s1. The van der Waals surface area contributed by atoms with Crippen LogP contribution < -0.4 is 5.32 Å². The van der Waals surface area contributed by atoms with Crippen molar-refractivity contribution in [2.24, 2.45) is 0 Å². The summed E-state index contributed by atoms with van der Waals surface area (Å²) >= 11 is 0. The molecule has 0 spiro atoms. The van der Waals surface area contributed by atoms with Gasteiger partial charge in [0.15, 0.2) is 0 Å². The number of hydrogen-bond donors (Lipinski definition) is 2. The first kappa shape index (κ1) is 20.4. The minimum absolute atomic E-state index is 0.248. The zero-order chi connectivity index (χ0) is 21.5. The van der Waals surface area contributed by atoms with Crippen molar-refractivity contribution in [1.29, 1.82) is 0 Å². The van der Waals surface area contributed by atoms with Crippen LogP contribution >= 0.6 is 0 Å². The fourth-order valence-corrected chi connectivity index (χ4v) is 5.62. The van der Waals surface area contributed by atoms with E-state index in [1.807, 2.05) is 12.4 Å². The maximum absolute atomic E-state index is 5.87. The molecule has 2 N–H and O–H groups in total. The molecule has 2 aromatic heterocycles. The van der Waals surface area contributed by atoms with Gasteiger partial charge < -0.3 is 19.8 Å². The Morgan fingerprint density at radius 1 is 1.06 bits per heavy atom. The van der Waals surface area contributed by atoms with E-state index in [-0.39, 0.29) is 6.04 Å². The van der Waals surface area contributed by atoms with E-state index in [2.05, 4.69) is 45.3 Å². The second-order valence-electron chi connectivity index (χ2n) is 9.44. The highest BCUT2D eigenvalue weighted by molar-refractivity contribution is 5.84. The summed E-state index contributed by atoms with van der Waals surface area (Å²) in [4.78, 5) is 10.6. The average molecular weight is 433 g/mol. The van der Waals surface area contributed by atoms with Crippen LogP contribution in [0.15, 0.2) is 30.6 Å². The monoisotopic (exact) mass is 432 g/mol. The number of ether oxygens (including phenoxy) is 2. The Labute approximate surface area is 189 Å². The van der Waals surface area contributed by atoms with Crippen LogP contribution in [-0.2, 0) is 22.4 Å². The molecule has 0 amide bonds. The fraction of sp³-hybridized carbons (Fsp3) is 0.500. The van der Waals surface area contributed by atoms with Gasteiger partial charge in [-0.25, -0.2) is 4.98 Å². The molecule has 3 aliphatic heterocycles. The average Bonchev–Trinajstić information content (AvgIpc) is 3.24. The maximum atomic E-state index is 5.87. The van der Waals surface area contributed by atoms with Crippen LogP contribution in [0.4, 0.5) is 0 Å². The number of aromatic nitrogens is 2. The number of nitrogens with zero attached hydrogens (tertiary/aromatic N) is 2. The highest BCUT2D eigenvalue weighted by Gasteiger charge is 2.29. The Morgan fingerprint density at radius 3 is 2.81 bits per heavy atom. The van der Waals surface area contributed by atoms with E-state index in [9.17, 15) is 0 Å². The largest absolute Gasteiger partial charge is 0.381 e. The molecule has 6 rings (SSSR count). The first-order chi connectivity index (χ1) is 15.8. The Kier molecular flexibility index (Phi) is 5.47. The van der Waals surface area contributed by atoms with Gasteiger partial charge in [-0.3, -0.25) is 4.90 Å². The summed E-state index contributed by atoms with van der Waals surface area (Å²) in [6.45, 7) is 8.52. The molecule has 6 heteroatoms. The van der Waals surface area contributed by atoms with Crippen LogP contribution in [0.5, 0.6) is 0 Å². The maximum Gasteiger partial charge on any atom is 0.137 e. The van der Waals surface area contributed by atoms with Gasteiger partial charge >= 0.3 is 0 Å². The summed E-state index contributed by atoms with van der Waals surface area (Å²) in [5.74, 6) is 0. The molecule has 3 aromatic rings. The van der Waals surface area contributed by atoms with Gasteiger partial charge in [0.05, 0.1) is 19.3 Å². The molecule has 2 saturated heterocycles. The number of morpholine rings is 1. The number of fused-ring (bicyclic) bond motifs is 2. The summed E-state index contributed by atoms with van der Waals surface area (Å²) in [6, 6.07) is 7.97. The van der Waals surface area contributed by atoms with Crippen molar-refractivity contribution in [2.75, 3.05) is 39.5 Å². The fourth-order valence-electron chi connectivity index (χ4n) is 5.62. The van der Waals surface area contributed by atoms with Crippen molar-refractivity contribution < 1.29 is 9.47 Å². The van der Waals surface area contributed by atoms with Crippen LogP contribution in [0.2, 0.25) is 0 Å². The van der Waals surface area contributed by atoms with Crippen molar-refractivity contribution in [3.8, 4) is 11.1 Å². The minimum atomic E-state index is 0.248. The number of H-pyrrole nitrogens is 1. The van der Waals surface area contributed by atoms with Crippen molar-refractivity contribution in [1.82, 2.24) is 20.2 Å². The second-order valence-corrected chi connectivity index (χ2v) is 9.44. The third-order valence-electron chi connectivity index (χ3n) is 7.48. The lowest BCUT2D eigenvalue weighted by Gasteiger charge is -2.39. The van der Waals surface area contributed by atoms with E-state index in [4.69, 9.17) is 9.47 Å². The molecule has 0 aliphatic carbocycles. The molecule has 6 nitrogen and oxygen atoms in total. The smallest absolute Gasteiger partial charge is 0.137 e. The summed E-state index contributed by atoms with van der Waals surface area (Å²) in [6.07, 6.45) is 7.43. The Bertz CT molecular complexity index is 1110. The van der Waals surface area contributed by atoms with Crippen LogP contribution in [0, 0.1) is 6.92 Å². The summed E-state index contributed by atoms with van der Waals surface area (Å²) in [5, 5.41) is 4.91. The molecule has 168 valence electrons.